The summed E-state index contributed by atoms with van der Waals surface area (Å²) in [5.41, 5.74) is 2.43. The Bertz CT molecular complexity index is 289. The van der Waals surface area contributed by atoms with Crippen LogP contribution in [0.15, 0.2) is 18.3 Å². The summed E-state index contributed by atoms with van der Waals surface area (Å²) in [5, 5.41) is 3.52. The van der Waals surface area contributed by atoms with Crippen LogP contribution in [0.4, 0.5) is 0 Å². The van der Waals surface area contributed by atoms with E-state index in [-0.39, 0.29) is 0 Å². The van der Waals surface area contributed by atoms with E-state index in [1.54, 1.807) is 0 Å². The summed E-state index contributed by atoms with van der Waals surface area (Å²) in [5.74, 6) is 1.22. The van der Waals surface area contributed by atoms with Crippen molar-refractivity contribution in [3.8, 4) is 0 Å². The first-order valence-electron chi connectivity index (χ1n) is 5.37. The summed E-state index contributed by atoms with van der Waals surface area (Å²) < 4.78 is 0. The number of nitrogens with zero attached hydrogens (tertiary/aromatic N) is 1. The van der Waals surface area contributed by atoms with Crippen molar-refractivity contribution in [2.45, 2.75) is 32.9 Å². The zero-order valence-electron chi connectivity index (χ0n) is 9.79. The van der Waals surface area contributed by atoms with Crippen LogP contribution in [-0.2, 0) is 6.54 Å². The minimum absolute atomic E-state index is 0.581. The lowest BCUT2D eigenvalue weighted by atomic mass is 10.2. The van der Waals surface area contributed by atoms with Crippen LogP contribution >= 0.6 is 11.8 Å². The normalized spacial score (nSPS) is 12.7. The molecule has 1 aromatic heterocycles. The fourth-order valence-corrected chi connectivity index (χ4v) is 1.97. The van der Waals surface area contributed by atoms with Gasteiger partial charge in [0, 0.05) is 24.5 Å². The van der Waals surface area contributed by atoms with Gasteiger partial charge in [-0.3, -0.25) is 4.98 Å². The first-order chi connectivity index (χ1) is 7.24. The van der Waals surface area contributed by atoms with E-state index in [0.29, 0.717) is 6.04 Å². The second kappa shape index (κ2) is 6.85. The average molecular weight is 224 g/mol. The molecule has 0 aliphatic heterocycles. The standard InChI is InChI=1S/C12H20N2S/c1-10(6-8-15-3)14-9-12-5-4-7-13-11(12)2/h4-5,7,10,14H,6,8-9H2,1-3H3. The molecule has 1 atom stereocenters. The lowest BCUT2D eigenvalue weighted by molar-refractivity contribution is 0.536. The number of rotatable bonds is 6. The molecule has 1 N–H and O–H groups in total. The van der Waals surface area contributed by atoms with Gasteiger partial charge in [0.25, 0.3) is 0 Å². The first-order valence-corrected chi connectivity index (χ1v) is 6.76. The van der Waals surface area contributed by atoms with E-state index in [4.69, 9.17) is 0 Å². The van der Waals surface area contributed by atoms with Crippen molar-refractivity contribution in [2.24, 2.45) is 0 Å². The number of hydrogen-bond donors (Lipinski definition) is 1. The predicted molar refractivity (Wildman–Crippen MR) is 68.3 cm³/mol. The molecular weight excluding hydrogens is 204 g/mol. The molecule has 0 saturated carbocycles. The monoisotopic (exact) mass is 224 g/mol. The van der Waals surface area contributed by atoms with Crippen LogP contribution in [0.2, 0.25) is 0 Å². The lowest BCUT2D eigenvalue weighted by Crippen LogP contribution is -2.26. The highest BCUT2D eigenvalue weighted by Crippen LogP contribution is 2.05. The van der Waals surface area contributed by atoms with Crippen molar-refractivity contribution in [2.75, 3.05) is 12.0 Å². The van der Waals surface area contributed by atoms with Gasteiger partial charge in [-0.15, -0.1) is 0 Å². The molecule has 0 fully saturated rings. The Morgan fingerprint density at radius 2 is 2.33 bits per heavy atom. The highest BCUT2D eigenvalue weighted by Gasteiger charge is 2.02. The third kappa shape index (κ3) is 4.67. The minimum Gasteiger partial charge on any atom is -0.310 e. The minimum atomic E-state index is 0.581. The van der Waals surface area contributed by atoms with Crippen molar-refractivity contribution in [1.82, 2.24) is 10.3 Å². The first kappa shape index (κ1) is 12.5. The number of aryl methyl sites for hydroxylation is 1. The van der Waals surface area contributed by atoms with Gasteiger partial charge in [-0.25, -0.2) is 0 Å². The third-order valence-corrected chi connectivity index (χ3v) is 3.16. The molecule has 0 radical (unpaired) electrons. The molecular formula is C12H20N2S. The molecule has 1 rings (SSSR count). The number of thioether (sulfide) groups is 1. The molecule has 0 amide bonds. The molecule has 2 nitrogen and oxygen atoms in total. The second-order valence-electron chi connectivity index (χ2n) is 3.81. The SMILES string of the molecule is CSCCC(C)NCc1cccnc1C. The summed E-state index contributed by atoms with van der Waals surface area (Å²) in [7, 11) is 0. The summed E-state index contributed by atoms with van der Waals surface area (Å²) in [4.78, 5) is 4.28. The van der Waals surface area contributed by atoms with E-state index in [1.807, 2.05) is 24.0 Å². The molecule has 1 heterocycles. The molecule has 0 spiro atoms. The lowest BCUT2D eigenvalue weighted by Gasteiger charge is -2.13. The molecule has 15 heavy (non-hydrogen) atoms. The van der Waals surface area contributed by atoms with Gasteiger partial charge in [-0.1, -0.05) is 6.07 Å². The van der Waals surface area contributed by atoms with Gasteiger partial charge < -0.3 is 5.32 Å². The highest BCUT2D eigenvalue weighted by atomic mass is 32.2. The van der Waals surface area contributed by atoms with E-state index in [1.165, 1.54) is 17.7 Å². The Hall–Kier alpha value is -0.540. The van der Waals surface area contributed by atoms with Crippen LogP contribution < -0.4 is 5.32 Å². The van der Waals surface area contributed by atoms with Gasteiger partial charge in [0.15, 0.2) is 0 Å². The highest BCUT2D eigenvalue weighted by molar-refractivity contribution is 7.98. The molecule has 0 saturated heterocycles. The number of hydrogen-bond acceptors (Lipinski definition) is 3. The van der Waals surface area contributed by atoms with E-state index >= 15 is 0 Å². The molecule has 0 bridgehead atoms. The molecule has 1 aromatic rings. The zero-order chi connectivity index (χ0) is 11.1. The summed E-state index contributed by atoms with van der Waals surface area (Å²) in [6.45, 7) is 5.22. The van der Waals surface area contributed by atoms with E-state index in [0.717, 1.165) is 12.2 Å². The molecule has 1 unspecified atom stereocenters. The molecule has 3 heteroatoms. The largest absolute Gasteiger partial charge is 0.310 e. The van der Waals surface area contributed by atoms with Crippen molar-refractivity contribution in [3.63, 3.8) is 0 Å². The fraction of sp³-hybridized carbons (Fsp3) is 0.583. The van der Waals surface area contributed by atoms with Gasteiger partial charge in [-0.05, 0) is 43.9 Å². The van der Waals surface area contributed by atoms with Gasteiger partial charge >= 0.3 is 0 Å². The average Bonchev–Trinajstić information content (AvgIpc) is 2.25. The summed E-state index contributed by atoms with van der Waals surface area (Å²) in [6, 6.07) is 4.71. The van der Waals surface area contributed by atoms with Crippen molar-refractivity contribution < 1.29 is 0 Å². The fourth-order valence-electron chi connectivity index (χ4n) is 1.39. The smallest absolute Gasteiger partial charge is 0.0417 e. The quantitative estimate of drug-likeness (QED) is 0.804. The van der Waals surface area contributed by atoms with Crippen LogP contribution in [0.5, 0.6) is 0 Å². The maximum atomic E-state index is 4.28. The Labute approximate surface area is 96.9 Å². The number of pyridine rings is 1. The van der Waals surface area contributed by atoms with Crippen molar-refractivity contribution in [1.29, 1.82) is 0 Å². The van der Waals surface area contributed by atoms with Gasteiger partial charge in [0.1, 0.15) is 0 Å². The van der Waals surface area contributed by atoms with Gasteiger partial charge in [-0.2, -0.15) is 11.8 Å². The van der Waals surface area contributed by atoms with E-state index < -0.39 is 0 Å². The van der Waals surface area contributed by atoms with E-state index in [2.05, 4.69) is 36.5 Å². The number of aromatic nitrogens is 1. The third-order valence-electron chi connectivity index (χ3n) is 2.51. The molecule has 0 aliphatic rings. The van der Waals surface area contributed by atoms with Crippen LogP contribution in [0, 0.1) is 6.92 Å². The second-order valence-corrected chi connectivity index (χ2v) is 4.80. The predicted octanol–water partition coefficient (Wildman–Crippen LogP) is 2.62. The Morgan fingerprint density at radius 1 is 1.53 bits per heavy atom. The Balaban J connectivity index is 2.33. The maximum absolute atomic E-state index is 4.28. The van der Waals surface area contributed by atoms with Crippen LogP contribution in [0.1, 0.15) is 24.6 Å². The van der Waals surface area contributed by atoms with Gasteiger partial charge in [0.2, 0.25) is 0 Å². The Kier molecular flexibility index (Phi) is 5.73. The number of nitrogens with one attached hydrogen (secondary N) is 1. The maximum Gasteiger partial charge on any atom is 0.0417 e. The van der Waals surface area contributed by atoms with Crippen LogP contribution in [0.3, 0.4) is 0 Å². The molecule has 0 aliphatic carbocycles. The van der Waals surface area contributed by atoms with Crippen LogP contribution in [0.25, 0.3) is 0 Å². The molecule has 84 valence electrons. The van der Waals surface area contributed by atoms with Crippen molar-refractivity contribution in [3.05, 3.63) is 29.6 Å². The van der Waals surface area contributed by atoms with Crippen molar-refractivity contribution >= 4 is 11.8 Å². The Morgan fingerprint density at radius 3 is 3.00 bits per heavy atom. The zero-order valence-corrected chi connectivity index (χ0v) is 10.6. The van der Waals surface area contributed by atoms with E-state index in [9.17, 15) is 0 Å². The summed E-state index contributed by atoms with van der Waals surface area (Å²) >= 11 is 1.90. The summed E-state index contributed by atoms with van der Waals surface area (Å²) in [6.07, 6.45) is 5.22. The van der Waals surface area contributed by atoms with Gasteiger partial charge in [0.05, 0.1) is 0 Å². The molecule has 0 aromatic carbocycles. The topological polar surface area (TPSA) is 24.9 Å². The van der Waals surface area contributed by atoms with Crippen LogP contribution in [-0.4, -0.2) is 23.0 Å².